The first-order valence-electron chi connectivity index (χ1n) is 8.92. The van der Waals surface area contributed by atoms with Crippen LogP contribution < -0.4 is 0 Å². The van der Waals surface area contributed by atoms with Crippen molar-refractivity contribution >= 4 is 17.7 Å². The average Bonchev–Trinajstić information content (AvgIpc) is 3.04. The van der Waals surface area contributed by atoms with Crippen molar-refractivity contribution in [3.63, 3.8) is 0 Å². The second kappa shape index (κ2) is 7.06. The van der Waals surface area contributed by atoms with Crippen LogP contribution >= 0.6 is 11.8 Å². The molecular weight excluding hydrogens is 322 g/mol. The fourth-order valence-electron chi connectivity index (χ4n) is 3.87. The Hall–Kier alpha value is -1.04. The molecule has 0 saturated carbocycles. The molecule has 0 N–H and O–H groups in total. The summed E-state index contributed by atoms with van der Waals surface area (Å²) in [6.07, 6.45) is 3.69. The van der Waals surface area contributed by atoms with Gasteiger partial charge in [0.25, 0.3) is 5.91 Å². The van der Waals surface area contributed by atoms with Crippen LogP contribution in [0.4, 0.5) is 0 Å². The van der Waals surface area contributed by atoms with Crippen molar-refractivity contribution in [3.05, 3.63) is 35.9 Å². The van der Waals surface area contributed by atoms with Crippen molar-refractivity contribution in [1.82, 2.24) is 4.90 Å². The quantitative estimate of drug-likeness (QED) is 0.840. The molecule has 1 aromatic rings. The van der Waals surface area contributed by atoms with Gasteiger partial charge in [0.15, 0.2) is 0 Å². The van der Waals surface area contributed by atoms with E-state index in [2.05, 4.69) is 0 Å². The first kappa shape index (κ1) is 16.4. The van der Waals surface area contributed by atoms with Crippen LogP contribution in [0.1, 0.15) is 29.6 Å². The Bertz CT molecular complexity index is 567. The molecule has 3 fully saturated rings. The van der Waals surface area contributed by atoms with E-state index in [1.807, 2.05) is 47.0 Å². The summed E-state index contributed by atoms with van der Waals surface area (Å²) in [7, 11) is 0. The number of benzene rings is 1. The van der Waals surface area contributed by atoms with Gasteiger partial charge in [0.05, 0.1) is 10.9 Å². The van der Waals surface area contributed by atoms with Crippen molar-refractivity contribution in [3.8, 4) is 0 Å². The van der Waals surface area contributed by atoms with Gasteiger partial charge in [0.2, 0.25) is 0 Å². The highest BCUT2D eigenvalue weighted by atomic mass is 32.2. The minimum absolute atomic E-state index is 0.161. The van der Waals surface area contributed by atoms with E-state index in [9.17, 15) is 4.79 Å². The number of hydrogen-bond donors (Lipinski definition) is 0. The summed E-state index contributed by atoms with van der Waals surface area (Å²) in [6.45, 7) is 4.37. The lowest BCUT2D eigenvalue weighted by Crippen LogP contribution is -2.60. The average molecular weight is 347 g/mol. The van der Waals surface area contributed by atoms with Crippen LogP contribution in [0.3, 0.4) is 0 Å². The Labute approximate surface area is 147 Å². The number of nitrogens with zero attached hydrogens (tertiary/aromatic N) is 1. The van der Waals surface area contributed by atoms with E-state index in [1.54, 1.807) is 0 Å². The number of thioether (sulfide) groups is 1. The lowest BCUT2D eigenvalue weighted by atomic mass is 9.92. The molecule has 0 bridgehead atoms. The smallest absolute Gasteiger partial charge is 0.253 e. The third kappa shape index (κ3) is 3.48. The topological polar surface area (TPSA) is 38.8 Å². The van der Waals surface area contributed by atoms with Crippen LogP contribution in [-0.4, -0.2) is 60.3 Å². The lowest BCUT2D eigenvalue weighted by Gasteiger charge is -2.47. The highest BCUT2D eigenvalue weighted by Crippen LogP contribution is 2.46. The van der Waals surface area contributed by atoms with Crippen molar-refractivity contribution in [2.75, 3.05) is 38.7 Å². The Balaban J connectivity index is 1.23. The Morgan fingerprint density at radius 1 is 1.25 bits per heavy atom. The number of rotatable bonds is 4. The maximum atomic E-state index is 12.5. The first-order chi connectivity index (χ1) is 11.7. The van der Waals surface area contributed by atoms with Crippen molar-refractivity contribution in [2.45, 2.75) is 30.1 Å². The molecular formula is C19H25NO3S. The number of hydrogen-bond acceptors (Lipinski definition) is 4. The minimum Gasteiger partial charge on any atom is -0.381 e. The van der Waals surface area contributed by atoms with Gasteiger partial charge >= 0.3 is 0 Å². The number of amides is 1. The number of likely N-dealkylation sites (tertiary alicyclic amines) is 1. The van der Waals surface area contributed by atoms with Gasteiger partial charge in [0.1, 0.15) is 0 Å². The number of ether oxygens (including phenoxy) is 2. The molecule has 0 radical (unpaired) electrons. The monoisotopic (exact) mass is 347 g/mol. The zero-order chi connectivity index (χ0) is 16.4. The Kier molecular flexibility index (Phi) is 4.83. The molecule has 3 aliphatic heterocycles. The van der Waals surface area contributed by atoms with Gasteiger partial charge in [-0.25, -0.2) is 0 Å². The van der Waals surface area contributed by atoms with Crippen LogP contribution in [-0.2, 0) is 9.47 Å². The molecule has 130 valence electrons. The van der Waals surface area contributed by atoms with Crippen LogP contribution in [0.5, 0.6) is 0 Å². The maximum Gasteiger partial charge on any atom is 0.253 e. The summed E-state index contributed by atoms with van der Waals surface area (Å²) in [5.41, 5.74) is 0.794. The molecule has 4 rings (SSSR count). The van der Waals surface area contributed by atoms with Crippen LogP contribution in [0.2, 0.25) is 0 Å². The van der Waals surface area contributed by atoms with Crippen LogP contribution in [0.15, 0.2) is 30.3 Å². The normalized spacial score (nSPS) is 26.5. The second-order valence-corrected chi connectivity index (χ2v) is 8.72. The molecule has 1 spiro atoms. The molecule has 1 atom stereocenters. The largest absolute Gasteiger partial charge is 0.381 e. The van der Waals surface area contributed by atoms with E-state index in [0.29, 0.717) is 12.0 Å². The summed E-state index contributed by atoms with van der Waals surface area (Å²) >= 11 is 2.00. The molecule has 1 aromatic carbocycles. The van der Waals surface area contributed by atoms with E-state index in [1.165, 1.54) is 0 Å². The van der Waals surface area contributed by atoms with Crippen molar-refractivity contribution in [2.24, 2.45) is 5.92 Å². The molecule has 4 nitrogen and oxygen atoms in total. The molecule has 1 amide bonds. The second-order valence-electron chi connectivity index (χ2n) is 7.24. The van der Waals surface area contributed by atoms with Crippen LogP contribution in [0.25, 0.3) is 0 Å². The maximum absolute atomic E-state index is 12.5. The van der Waals surface area contributed by atoms with Crippen LogP contribution in [0, 0.1) is 5.92 Å². The van der Waals surface area contributed by atoms with E-state index in [4.69, 9.17) is 9.47 Å². The van der Waals surface area contributed by atoms with Crippen molar-refractivity contribution < 1.29 is 14.3 Å². The summed E-state index contributed by atoms with van der Waals surface area (Å²) in [4.78, 5) is 14.4. The van der Waals surface area contributed by atoms with Gasteiger partial charge in [-0.3, -0.25) is 4.79 Å². The van der Waals surface area contributed by atoms with E-state index >= 15 is 0 Å². The molecule has 5 heteroatoms. The lowest BCUT2D eigenvalue weighted by molar-refractivity contribution is -0.0118. The molecule has 0 aromatic heterocycles. The van der Waals surface area contributed by atoms with E-state index in [-0.39, 0.29) is 10.7 Å². The van der Waals surface area contributed by atoms with E-state index in [0.717, 1.165) is 63.5 Å². The highest BCUT2D eigenvalue weighted by Gasteiger charge is 2.51. The fourth-order valence-corrected chi connectivity index (χ4v) is 5.42. The molecule has 24 heavy (non-hydrogen) atoms. The zero-order valence-electron chi connectivity index (χ0n) is 14.0. The summed E-state index contributed by atoms with van der Waals surface area (Å²) in [5.74, 6) is 1.89. The molecule has 3 heterocycles. The van der Waals surface area contributed by atoms with Gasteiger partial charge in [0, 0.05) is 44.2 Å². The number of carbonyl (C=O) groups excluding carboxylic acids is 1. The van der Waals surface area contributed by atoms with Gasteiger partial charge in [-0.2, -0.15) is 0 Å². The Morgan fingerprint density at radius 2 is 2.00 bits per heavy atom. The van der Waals surface area contributed by atoms with Gasteiger partial charge < -0.3 is 14.4 Å². The number of carbonyl (C=O) groups is 1. The van der Waals surface area contributed by atoms with Gasteiger partial charge in [-0.05, 0) is 37.3 Å². The van der Waals surface area contributed by atoms with Gasteiger partial charge in [-0.1, -0.05) is 18.2 Å². The Morgan fingerprint density at radius 3 is 2.75 bits per heavy atom. The van der Waals surface area contributed by atoms with Crippen molar-refractivity contribution in [1.29, 1.82) is 0 Å². The fraction of sp³-hybridized carbons (Fsp3) is 0.632. The predicted octanol–water partition coefficient (Wildman–Crippen LogP) is 2.83. The molecule has 3 aliphatic rings. The highest BCUT2D eigenvalue weighted by molar-refractivity contribution is 8.01. The molecule has 0 unspecified atom stereocenters. The predicted molar refractivity (Wildman–Crippen MR) is 95.4 cm³/mol. The summed E-state index contributed by atoms with van der Waals surface area (Å²) in [5, 5.41) is 0. The van der Waals surface area contributed by atoms with Gasteiger partial charge in [-0.15, -0.1) is 11.8 Å². The van der Waals surface area contributed by atoms with E-state index < -0.39 is 0 Å². The SMILES string of the molecule is O=C(c1ccccc1)N1CC2(C[C@@H](OCC3CCOCC3)CS2)C1. The summed E-state index contributed by atoms with van der Waals surface area (Å²) < 4.78 is 11.8. The summed E-state index contributed by atoms with van der Waals surface area (Å²) in [6, 6.07) is 9.59. The first-order valence-corrected chi connectivity index (χ1v) is 9.90. The molecule has 0 aliphatic carbocycles. The zero-order valence-corrected chi connectivity index (χ0v) is 14.8. The third-order valence-electron chi connectivity index (χ3n) is 5.35. The molecule has 3 saturated heterocycles. The minimum atomic E-state index is 0.161. The third-order valence-corrected chi connectivity index (χ3v) is 6.93. The standard InChI is InChI=1S/C19H25NO3S/c21-18(16-4-2-1-3-5-16)20-13-19(14-20)10-17(12-24-19)23-11-15-6-8-22-9-7-15/h1-5,15,17H,6-14H2/t17-/m1/s1.